The van der Waals surface area contributed by atoms with Crippen molar-refractivity contribution in [2.45, 2.75) is 33.7 Å². The maximum absolute atomic E-state index is 4.33. The summed E-state index contributed by atoms with van der Waals surface area (Å²) in [7, 11) is 0. The van der Waals surface area contributed by atoms with Crippen molar-refractivity contribution in [2.24, 2.45) is 5.92 Å². The predicted octanol–water partition coefficient (Wildman–Crippen LogP) is 1.69. The summed E-state index contributed by atoms with van der Waals surface area (Å²) in [5, 5.41) is 3.42. The van der Waals surface area contributed by atoms with E-state index in [4.69, 9.17) is 0 Å². The molecule has 3 heteroatoms. The monoisotopic (exact) mass is 195 g/mol. The molecular weight excluding hydrogens is 174 g/mol. The van der Waals surface area contributed by atoms with Crippen LogP contribution in [0.3, 0.4) is 0 Å². The lowest BCUT2D eigenvalue weighted by Crippen LogP contribution is -2.23. The van der Waals surface area contributed by atoms with E-state index < -0.39 is 0 Å². The molecule has 0 radical (unpaired) electrons. The van der Waals surface area contributed by atoms with Crippen molar-refractivity contribution in [3.63, 3.8) is 0 Å². The zero-order chi connectivity index (χ0) is 10.4. The molecule has 0 spiro atoms. The first kappa shape index (κ1) is 11.2. The fourth-order valence-corrected chi connectivity index (χ4v) is 1.45. The van der Waals surface area contributed by atoms with E-state index in [1.54, 1.807) is 0 Å². The van der Waals surface area contributed by atoms with E-state index in [9.17, 15) is 0 Å². The number of nitrogens with zero attached hydrogens (tertiary/aromatic N) is 2. The lowest BCUT2D eigenvalue weighted by Gasteiger charge is -2.07. The first-order chi connectivity index (χ1) is 6.74. The molecule has 1 heterocycles. The Morgan fingerprint density at radius 2 is 2.29 bits per heavy atom. The Balaban J connectivity index is 2.24. The normalized spacial score (nSPS) is 11.1. The molecule has 0 aliphatic rings. The van der Waals surface area contributed by atoms with Crippen molar-refractivity contribution in [2.75, 3.05) is 13.1 Å². The van der Waals surface area contributed by atoms with Gasteiger partial charge in [0.2, 0.25) is 0 Å². The van der Waals surface area contributed by atoms with E-state index in [0.29, 0.717) is 0 Å². The highest BCUT2D eigenvalue weighted by molar-refractivity contribution is 4.92. The average Bonchev–Trinajstić information content (AvgIpc) is 2.59. The largest absolute Gasteiger partial charge is 0.335 e. The smallest absolute Gasteiger partial charge is 0.109 e. The number of aryl methyl sites for hydroxylation is 1. The van der Waals surface area contributed by atoms with Crippen LogP contribution in [-0.2, 0) is 13.0 Å². The van der Waals surface area contributed by atoms with Crippen LogP contribution in [0.5, 0.6) is 0 Å². The minimum Gasteiger partial charge on any atom is -0.335 e. The molecule has 80 valence electrons. The number of hydrogen-bond acceptors (Lipinski definition) is 2. The van der Waals surface area contributed by atoms with Crippen molar-refractivity contribution >= 4 is 0 Å². The van der Waals surface area contributed by atoms with Crippen LogP contribution in [-0.4, -0.2) is 22.6 Å². The van der Waals surface area contributed by atoms with Gasteiger partial charge in [-0.25, -0.2) is 4.98 Å². The second-order valence-corrected chi connectivity index (χ2v) is 3.98. The Morgan fingerprint density at radius 3 is 2.93 bits per heavy atom. The van der Waals surface area contributed by atoms with Crippen LogP contribution >= 0.6 is 0 Å². The summed E-state index contributed by atoms with van der Waals surface area (Å²) in [5.41, 5.74) is 0. The van der Waals surface area contributed by atoms with Gasteiger partial charge in [-0.1, -0.05) is 13.8 Å². The van der Waals surface area contributed by atoms with Gasteiger partial charge in [0, 0.05) is 31.9 Å². The van der Waals surface area contributed by atoms with Gasteiger partial charge in [-0.3, -0.25) is 0 Å². The van der Waals surface area contributed by atoms with Crippen LogP contribution < -0.4 is 5.32 Å². The third-order valence-corrected chi connectivity index (χ3v) is 2.22. The van der Waals surface area contributed by atoms with Gasteiger partial charge in [-0.15, -0.1) is 0 Å². The Hall–Kier alpha value is -0.830. The number of aromatic nitrogens is 2. The highest BCUT2D eigenvalue weighted by atomic mass is 15.1. The molecule has 0 saturated carbocycles. The van der Waals surface area contributed by atoms with Crippen molar-refractivity contribution in [3.05, 3.63) is 18.2 Å². The van der Waals surface area contributed by atoms with Gasteiger partial charge in [0.25, 0.3) is 0 Å². The quantitative estimate of drug-likeness (QED) is 0.700. The summed E-state index contributed by atoms with van der Waals surface area (Å²) in [6.07, 6.45) is 4.94. The van der Waals surface area contributed by atoms with Gasteiger partial charge in [0.15, 0.2) is 0 Å². The molecule has 1 aromatic rings. The summed E-state index contributed by atoms with van der Waals surface area (Å²) in [5.74, 6) is 1.91. The lowest BCUT2D eigenvalue weighted by molar-refractivity contribution is 0.544. The van der Waals surface area contributed by atoms with Gasteiger partial charge in [0.05, 0.1) is 0 Å². The van der Waals surface area contributed by atoms with Crippen LogP contribution in [0.15, 0.2) is 12.4 Å². The zero-order valence-electron chi connectivity index (χ0n) is 9.45. The fourth-order valence-electron chi connectivity index (χ4n) is 1.45. The van der Waals surface area contributed by atoms with Crippen LogP contribution in [0.2, 0.25) is 0 Å². The van der Waals surface area contributed by atoms with Crippen molar-refractivity contribution < 1.29 is 0 Å². The van der Waals surface area contributed by atoms with Crippen molar-refractivity contribution in [1.82, 2.24) is 14.9 Å². The highest BCUT2D eigenvalue weighted by Gasteiger charge is 2.00. The van der Waals surface area contributed by atoms with Gasteiger partial charge in [-0.2, -0.15) is 0 Å². The second-order valence-electron chi connectivity index (χ2n) is 3.98. The van der Waals surface area contributed by atoms with E-state index in [-0.39, 0.29) is 0 Å². The molecule has 1 rings (SSSR count). The zero-order valence-corrected chi connectivity index (χ0v) is 9.45. The maximum Gasteiger partial charge on any atom is 0.109 e. The third kappa shape index (κ3) is 3.50. The topological polar surface area (TPSA) is 29.9 Å². The minimum atomic E-state index is 0.723. The van der Waals surface area contributed by atoms with Gasteiger partial charge >= 0.3 is 0 Å². The van der Waals surface area contributed by atoms with E-state index in [0.717, 1.165) is 32.0 Å². The second kappa shape index (κ2) is 5.81. The number of imidazole rings is 1. The lowest BCUT2D eigenvalue weighted by atomic mass is 10.2. The van der Waals surface area contributed by atoms with Crippen LogP contribution in [0.1, 0.15) is 26.6 Å². The SMILES string of the molecule is CCn1ccnc1CCNCC(C)C. The third-order valence-electron chi connectivity index (χ3n) is 2.22. The Morgan fingerprint density at radius 1 is 1.50 bits per heavy atom. The standard InChI is InChI=1S/C11H21N3/c1-4-14-8-7-13-11(14)5-6-12-9-10(2)3/h7-8,10,12H,4-6,9H2,1-3H3. The molecule has 0 bridgehead atoms. The van der Waals surface area contributed by atoms with E-state index in [2.05, 4.69) is 35.6 Å². The summed E-state index contributed by atoms with van der Waals surface area (Å²) < 4.78 is 2.19. The van der Waals surface area contributed by atoms with Crippen LogP contribution in [0, 0.1) is 5.92 Å². The van der Waals surface area contributed by atoms with Gasteiger partial charge in [-0.05, 0) is 19.4 Å². The Bertz CT molecular complexity index is 253. The molecule has 0 unspecified atom stereocenters. The molecule has 1 aromatic heterocycles. The van der Waals surface area contributed by atoms with Crippen LogP contribution in [0.4, 0.5) is 0 Å². The van der Waals surface area contributed by atoms with Gasteiger partial charge < -0.3 is 9.88 Å². The predicted molar refractivity (Wildman–Crippen MR) is 59.3 cm³/mol. The molecule has 0 aliphatic carbocycles. The van der Waals surface area contributed by atoms with Gasteiger partial charge in [0.1, 0.15) is 5.82 Å². The van der Waals surface area contributed by atoms with E-state index in [1.807, 2.05) is 12.4 Å². The van der Waals surface area contributed by atoms with Crippen molar-refractivity contribution in [1.29, 1.82) is 0 Å². The maximum atomic E-state index is 4.33. The molecule has 14 heavy (non-hydrogen) atoms. The average molecular weight is 195 g/mol. The van der Waals surface area contributed by atoms with Crippen molar-refractivity contribution in [3.8, 4) is 0 Å². The first-order valence-corrected chi connectivity index (χ1v) is 5.44. The molecule has 0 aliphatic heterocycles. The first-order valence-electron chi connectivity index (χ1n) is 5.44. The number of nitrogens with one attached hydrogen (secondary N) is 1. The van der Waals surface area contributed by atoms with Crippen LogP contribution in [0.25, 0.3) is 0 Å². The summed E-state index contributed by atoms with van der Waals surface area (Å²) >= 11 is 0. The molecule has 0 fully saturated rings. The Labute approximate surface area is 86.5 Å². The summed E-state index contributed by atoms with van der Waals surface area (Å²) in [6.45, 7) is 9.72. The molecule has 0 atom stereocenters. The molecule has 3 nitrogen and oxygen atoms in total. The molecule has 0 amide bonds. The number of rotatable bonds is 6. The highest BCUT2D eigenvalue weighted by Crippen LogP contribution is 1.97. The van der Waals surface area contributed by atoms with E-state index >= 15 is 0 Å². The summed E-state index contributed by atoms with van der Waals surface area (Å²) in [6, 6.07) is 0. The Kier molecular flexibility index (Phi) is 4.66. The molecular formula is C11H21N3. The fraction of sp³-hybridized carbons (Fsp3) is 0.727. The van der Waals surface area contributed by atoms with E-state index in [1.165, 1.54) is 5.82 Å². The number of hydrogen-bond donors (Lipinski definition) is 1. The minimum absolute atomic E-state index is 0.723. The molecule has 0 saturated heterocycles. The molecule has 1 N–H and O–H groups in total. The molecule has 0 aromatic carbocycles. The summed E-state index contributed by atoms with van der Waals surface area (Å²) in [4.78, 5) is 4.33.